The Labute approximate surface area is 214 Å². The van der Waals surface area contributed by atoms with Crippen LogP contribution in [0, 0.1) is 0 Å². The highest BCUT2D eigenvalue weighted by Crippen LogP contribution is 2.30. The molecule has 1 aliphatic heterocycles. The molecule has 0 bridgehead atoms. The van der Waals surface area contributed by atoms with Crippen LogP contribution >= 0.6 is 0 Å². The summed E-state index contributed by atoms with van der Waals surface area (Å²) in [6.45, 7) is 9.31. The van der Waals surface area contributed by atoms with E-state index >= 15 is 0 Å². The number of urea groups is 1. The number of piperidine rings is 1. The fraction of sp³-hybridized carbons (Fsp3) is 0.481. The van der Waals surface area contributed by atoms with Crippen molar-refractivity contribution in [1.29, 1.82) is 0 Å². The Balaban J connectivity index is 1.75. The summed E-state index contributed by atoms with van der Waals surface area (Å²) in [5.41, 5.74) is 2.51. The molecule has 0 saturated carbocycles. The Morgan fingerprint density at radius 1 is 0.944 bits per heavy atom. The zero-order chi connectivity index (χ0) is 25.9. The van der Waals surface area contributed by atoms with E-state index in [9.17, 15) is 9.59 Å². The molecule has 3 rings (SSSR count). The monoisotopic (exact) mass is 497 g/mol. The normalized spacial score (nSPS) is 13.3. The van der Waals surface area contributed by atoms with Crippen molar-refractivity contribution in [2.24, 2.45) is 0 Å². The Hall–Kier alpha value is -3.46. The number of anilines is 3. The minimum absolute atomic E-state index is 0.136. The summed E-state index contributed by atoms with van der Waals surface area (Å²) in [5.74, 6) is 0.976. The molecule has 9 nitrogen and oxygen atoms in total. The molecule has 0 aliphatic carbocycles. The Kier molecular flexibility index (Phi) is 10.2. The van der Waals surface area contributed by atoms with E-state index in [4.69, 9.17) is 9.47 Å². The molecule has 196 valence electrons. The van der Waals surface area contributed by atoms with Crippen molar-refractivity contribution in [1.82, 2.24) is 10.2 Å². The average Bonchev–Trinajstić information content (AvgIpc) is 2.91. The summed E-state index contributed by atoms with van der Waals surface area (Å²) in [7, 11) is 3.10. The number of methoxy groups -OCH3 is 2. The van der Waals surface area contributed by atoms with Crippen LogP contribution in [0.15, 0.2) is 36.4 Å². The van der Waals surface area contributed by atoms with Gasteiger partial charge in [0.2, 0.25) is 0 Å². The number of likely N-dealkylation sites (N-methyl/N-ethyl adjacent to an activating group) is 1. The van der Waals surface area contributed by atoms with E-state index in [1.165, 1.54) is 13.5 Å². The van der Waals surface area contributed by atoms with Crippen LogP contribution in [-0.2, 0) is 0 Å². The predicted octanol–water partition coefficient (Wildman–Crippen LogP) is 4.41. The highest BCUT2D eigenvalue weighted by atomic mass is 16.5. The molecule has 1 saturated heterocycles. The lowest BCUT2D eigenvalue weighted by Crippen LogP contribution is -2.36. The molecule has 1 aliphatic rings. The molecule has 2 aromatic rings. The molecular formula is C27H39N5O4. The zero-order valence-corrected chi connectivity index (χ0v) is 21.9. The smallest absolute Gasteiger partial charge is 0.323 e. The van der Waals surface area contributed by atoms with E-state index in [1.54, 1.807) is 31.4 Å². The maximum Gasteiger partial charge on any atom is 0.323 e. The highest BCUT2D eigenvalue weighted by Gasteiger charge is 2.20. The number of benzene rings is 2. The van der Waals surface area contributed by atoms with Crippen molar-refractivity contribution in [3.8, 4) is 11.5 Å². The second-order valence-electron chi connectivity index (χ2n) is 8.71. The Morgan fingerprint density at radius 3 is 2.36 bits per heavy atom. The minimum atomic E-state index is -0.433. The summed E-state index contributed by atoms with van der Waals surface area (Å²) in [4.78, 5) is 30.5. The van der Waals surface area contributed by atoms with Gasteiger partial charge in [-0.25, -0.2) is 4.79 Å². The lowest BCUT2D eigenvalue weighted by Gasteiger charge is -2.30. The first-order chi connectivity index (χ1) is 17.5. The number of nitrogens with zero attached hydrogens (tertiary/aromatic N) is 2. The van der Waals surface area contributed by atoms with Gasteiger partial charge in [0.05, 0.1) is 25.5 Å². The Morgan fingerprint density at radius 2 is 1.69 bits per heavy atom. The first-order valence-electron chi connectivity index (χ1n) is 12.7. The van der Waals surface area contributed by atoms with E-state index < -0.39 is 6.03 Å². The van der Waals surface area contributed by atoms with Gasteiger partial charge in [-0.3, -0.25) is 4.79 Å². The molecule has 0 radical (unpaired) electrons. The van der Waals surface area contributed by atoms with Crippen LogP contribution in [-0.4, -0.2) is 70.3 Å². The summed E-state index contributed by atoms with van der Waals surface area (Å²) in [5, 5.41) is 8.70. The van der Waals surface area contributed by atoms with Crippen LogP contribution in [0.4, 0.5) is 21.9 Å². The number of carbonyl (C=O) groups is 2. The van der Waals surface area contributed by atoms with E-state index in [0.717, 1.165) is 51.3 Å². The van der Waals surface area contributed by atoms with Gasteiger partial charge in [0.15, 0.2) is 0 Å². The van der Waals surface area contributed by atoms with Crippen molar-refractivity contribution in [2.45, 2.75) is 33.1 Å². The zero-order valence-electron chi connectivity index (χ0n) is 21.9. The Bertz CT molecular complexity index is 1020. The molecule has 9 heteroatoms. The van der Waals surface area contributed by atoms with Crippen molar-refractivity contribution in [3.05, 3.63) is 42.0 Å². The number of nitrogens with one attached hydrogen (secondary N) is 3. The largest absolute Gasteiger partial charge is 0.497 e. The molecule has 0 spiro atoms. The SMILES string of the molecule is CCN(CC)CCNC(=O)c1cc(NC(=O)Nc2ccc(OC)cc2OC)ccc1N1CCCCC1. The molecule has 1 heterocycles. The summed E-state index contributed by atoms with van der Waals surface area (Å²) in [6.07, 6.45) is 3.42. The van der Waals surface area contributed by atoms with Gasteiger partial charge in [-0.15, -0.1) is 0 Å². The van der Waals surface area contributed by atoms with Crippen molar-refractivity contribution in [2.75, 3.05) is 69.0 Å². The van der Waals surface area contributed by atoms with E-state index in [-0.39, 0.29) is 5.91 Å². The van der Waals surface area contributed by atoms with Gasteiger partial charge in [0, 0.05) is 43.6 Å². The predicted molar refractivity (Wildman–Crippen MR) is 145 cm³/mol. The first kappa shape index (κ1) is 27.1. The maximum atomic E-state index is 13.2. The van der Waals surface area contributed by atoms with Crippen LogP contribution in [0.3, 0.4) is 0 Å². The second kappa shape index (κ2) is 13.6. The van der Waals surface area contributed by atoms with Gasteiger partial charge in [-0.2, -0.15) is 0 Å². The van der Waals surface area contributed by atoms with Crippen LogP contribution in [0.25, 0.3) is 0 Å². The molecule has 3 N–H and O–H groups in total. The third kappa shape index (κ3) is 7.27. The number of rotatable bonds is 11. The van der Waals surface area contributed by atoms with Crippen molar-refractivity contribution < 1.29 is 19.1 Å². The number of ether oxygens (including phenoxy) is 2. The summed E-state index contributed by atoms with van der Waals surface area (Å²) < 4.78 is 10.6. The summed E-state index contributed by atoms with van der Waals surface area (Å²) in [6, 6.07) is 10.2. The lowest BCUT2D eigenvalue weighted by atomic mass is 10.1. The number of hydrogen-bond acceptors (Lipinski definition) is 6. The van der Waals surface area contributed by atoms with Crippen molar-refractivity contribution in [3.63, 3.8) is 0 Å². The average molecular weight is 498 g/mol. The van der Waals surface area contributed by atoms with Gasteiger partial charge >= 0.3 is 6.03 Å². The summed E-state index contributed by atoms with van der Waals surface area (Å²) >= 11 is 0. The topological polar surface area (TPSA) is 95.2 Å². The standard InChI is InChI=1S/C27H39N5O4/c1-5-31(6-2)17-14-28-26(33)22-18-20(10-13-24(22)32-15-8-7-9-16-32)29-27(34)30-23-12-11-21(35-3)19-25(23)36-4/h10-13,18-19H,5-9,14-17H2,1-4H3,(H,28,33)(H2,29,30,34). The fourth-order valence-corrected chi connectivity index (χ4v) is 4.36. The van der Waals surface area contributed by atoms with E-state index in [1.807, 2.05) is 12.1 Å². The second-order valence-corrected chi connectivity index (χ2v) is 8.71. The molecule has 0 atom stereocenters. The van der Waals surface area contributed by atoms with Crippen LogP contribution in [0.5, 0.6) is 11.5 Å². The van der Waals surface area contributed by atoms with Gasteiger partial charge in [0.25, 0.3) is 5.91 Å². The van der Waals surface area contributed by atoms with Crippen molar-refractivity contribution >= 4 is 29.0 Å². The van der Waals surface area contributed by atoms with Gasteiger partial charge in [-0.1, -0.05) is 13.8 Å². The number of carbonyl (C=O) groups excluding carboxylic acids is 2. The van der Waals surface area contributed by atoms with Crippen LogP contribution in [0.1, 0.15) is 43.5 Å². The molecule has 2 aromatic carbocycles. The third-order valence-corrected chi connectivity index (χ3v) is 6.46. The molecule has 36 heavy (non-hydrogen) atoms. The molecule has 1 fully saturated rings. The van der Waals surface area contributed by atoms with Gasteiger partial charge < -0.3 is 35.2 Å². The van der Waals surface area contributed by atoms with Crippen LogP contribution < -0.4 is 30.3 Å². The quantitative estimate of drug-likeness (QED) is 0.426. The highest BCUT2D eigenvalue weighted by molar-refractivity contribution is 6.04. The first-order valence-corrected chi connectivity index (χ1v) is 12.7. The van der Waals surface area contributed by atoms with E-state index in [0.29, 0.717) is 35.0 Å². The van der Waals surface area contributed by atoms with Gasteiger partial charge in [0.1, 0.15) is 11.5 Å². The van der Waals surface area contributed by atoms with E-state index in [2.05, 4.69) is 39.6 Å². The lowest BCUT2D eigenvalue weighted by molar-refractivity contribution is 0.0949. The number of amides is 3. The fourth-order valence-electron chi connectivity index (χ4n) is 4.36. The molecule has 0 aromatic heterocycles. The number of hydrogen-bond donors (Lipinski definition) is 3. The molecule has 3 amide bonds. The van der Waals surface area contributed by atoms with Gasteiger partial charge in [-0.05, 0) is 62.7 Å². The van der Waals surface area contributed by atoms with Crippen LogP contribution in [0.2, 0.25) is 0 Å². The maximum absolute atomic E-state index is 13.2. The third-order valence-electron chi connectivity index (χ3n) is 6.46. The molecular weight excluding hydrogens is 458 g/mol. The minimum Gasteiger partial charge on any atom is -0.497 e. The molecule has 0 unspecified atom stereocenters.